The first-order valence-electron chi connectivity index (χ1n) is 12.3. The van der Waals surface area contributed by atoms with Crippen molar-refractivity contribution < 1.29 is 48.3 Å². The van der Waals surface area contributed by atoms with Gasteiger partial charge in [-0.1, -0.05) is 6.92 Å². The van der Waals surface area contributed by atoms with E-state index < -0.39 is 30.5 Å². The maximum Gasteiger partial charge on any atom is 0.126 e. The summed E-state index contributed by atoms with van der Waals surface area (Å²) in [7, 11) is 12.0. The molecule has 0 bridgehead atoms. The monoisotopic (exact) mass is 498 g/mol. The summed E-state index contributed by atoms with van der Waals surface area (Å²) in [5, 5.41) is 39.7. The zero-order chi connectivity index (χ0) is 26.4. The maximum absolute atomic E-state index is 10.2. The average Bonchev–Trinajstić information content (AvgIpc) is 2.66. The Bertz CT molecular complexity index is 496. The molecule has 0 aliphatic carbocycles. The molecule has 0 aromatic rings. The third kappa shape index (κ3) is 19.9. The molecule has 34 heavy (non-hydrogen) atoms. The van der Waals surface area contributed by atoms with E-state index in [0.717, 1.165) is 6.42 Å². The summed E-state index contributed by atoms with van der Waals surface area (Å²) in [4.78, 5) is 0. The third-order valence-corrected chi connectivity index (χ3v) is 4.91. The van der Waals surface area contributed by atoms with Gasteiger partial charge in [0.05, 0.1) is 94.1 Å². The third-order valence-electron chi connectivity index (χ3n) is 4.91. The summed E-state index contributed by atoms with van der Waals surface area (Å²) >= 11 is 0. The molecule has 0 aromatic heterocycles. The van der Waals surface area contributed by atoms with E-state index in [1.165, 1.54) is 0 Å². The predicted molar refractivity (Wildman–Crippen MR) is 132 cm³/mol. The van der Waals surface area contributed by atoms with Crippen molar-refractivity contribution in [3.63, 3.8) is 0 Å². The molecule has 0 amide bonds. The van der Waals surface area contributed by atoms with E-state index in [1.54, 1.807) is 6.92 Å². The second-order valence-electron chi connectivity index (χ2n) is 11.3. The Kier molecular flexibility index (Phi) is 16.9. The van der Waals surface area contributed by atoms with Gasteiger partial charge in [0, 0.05) is 0 Å². The minimum absolute atomic E-state index is 0.144. The molecule has 6 unspecified atom stereocenters. The van der Waals surface area contributed by atoms with Crippen molar-refractivity contribution in [2.75, 3.05) is 95.0 Å². The van der Waals surface area contributed by atoms with Crippen LogP contribution in [0, 0.1) is 0 Å². The van der Waals surface area contributed by atoms with Crippen molar-refractivity contribution in [1.82, 2.24) is 0 Å². The van der Waals surface area contributed by atoms with E-state index in [0.29, 0.717) is 28.5 Å². The molecule has 0 heterocycles. The number of quaternary nitrogens is 2. The fourth-order valence-corrected chi connectivity index (χ4v) is 3.54. The van der Waals surface area contributed by atoms with E-state index >= 15 is 0 Å². The topological polar surface area (TPSA) is 118 Å². The molecule has 0 rings (SSSR count). The molecule has 0 fully saturated rings. The van der Waals surface area contributed by atoms with Crippen molar-refractivity contribution >= 4 is 0 Å². The molecule has 0 radical (unpaired) electrons. The van der Waals surface area contributed by atoms with E-state index in [4.69, 9.17) is 18.9 Å². The summed E-state index contributed by atoms with van der Waals surface area (Å²) < 4.78 is 24.5. The van der Waals surface area contributed by atoms with Crippen LogP contribution in [0.3, 0.4) is 0 Å². The fourth-order valence-electron chi connectivity index (χ4n) is 3.54. The van der Waals surface area contributed by atoms with Gasteiger partial charge in [0.25, 0.3) is 0 Å². The molecule has 10 heteroatoms. The number of aliphatic hydroxyl groups is 4. The predicted octanol–water partition coefficient (Wildman–Crippen LogP) is -0.534. The lowest BCUT2D eigenvalue weighted by atomic mass is 10.1. The molecule has 206 valence electrons. The van der Waals surface area contributed by atoms with Crippen LogP contribution >= 0.6 is 0 Å². The smallest absolute Gasteiger partial charge is 0.126 e. The van der Waals surface area contributed by atoms with Crippen molar-refractivity contribution in [3.8, 4) is 0 Å². The van der Waals surface area contributed by atoms with Crippen molar-refractivity contribution in [2.24, 2.45) is 0 Å². The highest BCUT2D eigenvalue weighted by molar-refractivity contribution is 4.67. The molecule has 4 N–H and O–H groups in total. The number of hydrogen-bond acceptors (Lipinski definition) is 8. The van der Waals surface area contributed by atoms with Crippen LogP contribution in [-0.2, 0) is 18.9 Å². The second kappa shape index (κ2) is 17.1. The van der Waals surface area contributed by atoms with Crippen LogP contribution < -0.4 is 0 Å². The molecular formula is C24H54N2O8+2. The summed E-state index contributed by atoms with van der Waals surface area (Å²) in [5.41, 5.74) is 0. The van der Waals surface area contributed by atoms with Gasteiger partial charge < -0.3 is 48.3 Å². The first-order valence-corrected chi connectivity index (χ1v) is 12.3. The van der Waals surface area contributed by atoms with E-state index in [-0.39, 0.29) is 45.7 Å². The summed E-state index contributed by atoms with van der Waals surface area (Å²) in [5.74, 6) is 0. The van der Waals surface area contributed by atoms with Crippen LogP contribution in [0.4, 0.5) is 0 Å². The number of likely N-dealkylation sites (N-methyl/N-ethyl adjacent to an activating group) is 2. The average molecular weight is 499 g/mol. The van der Waals surface area contributed by atoms with Gasteiger partial charge >= 0.3 is 0 Å². The highest BCUT2D eigenvalue weighted by Crippen LogP contribution is 2.12. The van der Waals surface area contributed by atoms with Crippen LogP contribution in [0.5, 0.6) is 0 Å². The lowest BCUT2D eigenvalue weighted by molar-refractivity contribution is -0.873. The molecule has 0 spiro atoms. The molecule has 6 atom stereocenters. The Balaban J connectivity index is 4.74. The molecule has 10 nitrogen and oxygen atoms in total. The Morgan fingerprint density at radius 2 is 1.15 bits per heavy atom. The van der Waals surface area contributed by atoms with Crippen LogP contribution in [0.15, 0.2) is 0 Å². The minimum atomic E-state index is -0.604. The number of ether oxygens (including phenoxy) is 4. The summed E-state index contributed by atoms with van der Waals surface area (Å²) in [6.07, 6.45) is -1.64. The van der Waals surface area contributed by atoms with Gasteiger partial charge in [-0.25, -0.2) is 0 Å². The molecular weight excluding hydrogens is 444 g/mol. The van der Waals surface area contributed by atoms with Crippen molar-refractivity contribution in [2.45, 2.75) is 63.3 Å². The molecule has 0 aliphatic heterocycles. The number of nitrogens with zero attached hydrogens (tertiary/aromatic N) is 2. The van der Waals surface area contributed by atoms with Crippen molar-refractivity contribution in [1.29, 1.82) is 0 Å². The number of aliphatic hydroxyl groups excluding tert-OH is 4. The Morgan fingerprint density at radius 3 is 1.53 bits per heavy atom. The molecule has 0 aliphatic rings. The maximum atomic E-state index is 10.2. The van der Waals surface area contributed by atoms with E-state index in [9.17, 15) is 20.4 Å². The standard InChI is InChI=1S/C24H54N2O8/c1-9-22(10-19(2)28)34-24(17-32-15-21(30)12-26(6,7)8)18-33-23(13-27)16-31-14-20(29)11-25(3,4)5/h19-24,27-30H,9-18H2,1-8H3/q+2. The SMILES string of the molecule is CCC(CC(C)O)OC(COCC(O)C[N+](C)(C)C)COC(CO)COCC(O)C[N+](C)(C)C. The normalized spacial score (nSPS) is 18.4. The summed E-state index contributed by atoms with van der Waals surface area (Å²) in [6.45, 7) is 5.46. The molecule has 0 saturated heterocycles. The minimum Gasteiger partial charge on any atom is -0.394 e. The van der Waals surface area contributed by atoms with Gasteiger partial charge in [0.15, 0.2) is 0 Å². The highest BCUT2D eigenvalue weighted by Gasteiger charge is 2.22. The lowest BCUT2D eigenvalue weighted by Gasteiger charge is -2.29. The second-order valence-corrected chi connectivity index (χ2v) is 11.3. The highest BCUT2D eigenvalue weighted by atomic mass is 16.6. The number of hydrogen-bond donors (Lipinski definition) is 4. The Labute approximate surface area is 207 Å². The van der Waals surface area contributed by atoms with E-state index in [1.807, 2.05) is 49.2 Å². The van der Waals surface area contributed by atoms with Gasteiger partial charge in [-0.2, -0.15) is 0 Å². The van der Waals surface area contributed by atoms with Crippen LogP contribution in [0.2, 0.25) is 0 Å². The van der Waals surface area contributed by atoms with Crippen LogP contribution in [0.25, 0.3) is 0 Å². The molecule has 0 saturated carbocycles. The Hall–Kier alpha value is -0.400. The Morgan fingerprint density at radius 1 is 0.676 bits per heavy atom. The van der Waals surface area contributed by atoms with Gasteiger partial charge in [0.2, 0.25) is 0 Å². The largest absolute Gasteiger partial charge is 0.394 e. The zero-order valence-electron chi connectivity index (χ0n) is 22.9. The van der Waals surface area contributed by atoms with Gasteiger partial charge in [0.1, 0.15) is 37.5 Å². The van der Waals surface area contributed by atoms with Crippen LogP contribution in [0.1, 0.15) is 26.7 Å². The lowest BCUT2D eigenvalue weighted by Crippen LogP contribution is -2.43. The zero-order valence-corrected chi connectivity index (χ0v) is 22.9. The van der Waals surface area contributed by atoms with Gasteiger partial charge in [-0.3, -0.25) is 0 Å². The quantitative estimate of drug-likeness (QED) is 0.156. The van der Waals surface area contributed by atoms with Gasteiger partial charge in [-0.05, 0) is 19.8 Å². The van der Waals surface area contributed by atoms with Gasteiger partial charge in [-0.15, -0.1) is 0 Å². The molecule has 0 aromatic carbocycles. The first kappa shape index (κ1) is 33.6. The van der Waals surface area contributed by atoms with E-state index in [2.05, 4.69) is 0 Å². The fraction of sp³-hybridized carbons (Fsp3) is 1.00. The summed E-state index contributed by atoms with van der Waals surface area (Å²) in [6, 6.07) is 0. The first-order chi connectivity index (χ1) is 15.6. The number of rotatable bonds is 21. The van der Waals surface area contributed by atoms with Crippen LogP contribution in [-0.4, -0.2) is 161 Å². The van der Waals surface area contributed by atoms with Crippen molar-refractivity contribution in [3.05, 3.63) is 0 Å².